The summed E-state index contributed by atoms with van der Waals surface area (Å²) in [5, 5.41) is 7.26. The molecule has 3 amide bonds. The van der Waals surface area contributed by atoms with E-state index in [1.165, 1.54) is 0 Å². The summed E-state index contributed by atoms with van der Waals surface area (Å²) >= 11 is 0. The maximum absolute atomic E-state index is 12.6. The van der Waals surface area contributed by atoms with E-state index in [1.54, 1.807) is 27.9 Å². The molecular formula is C17H21N5O2. The van der Waals surface area contributed by atoms with Gasteiger partial charge in [0.05, 0.1) is 11.4 Å². The molecule has 0 spiro atoms. The van der Waals surface area contributed by atoms with Gasteiger partial charge in [-0.05, 0) is 30.0 Å². The fourth-order valence-corrected chi connectivity index (χ4v) is 3.11. The fraction of sp³-hybridized carbons (Fsp3) is 0.353. The van der Waals surface area contributed by atoms with Crippen molar-refractivity contribution < 1.29 is 9.59 Å². The van der Waals surface area contributed by atoms with Crippen molar-refractivity contribution in [1.29, 1.82) is 0 Å². The van der Waals surface area contributed by atoms with Crippen molar-refractivity contribution in [3.05, 3.63) is 46.8 Å². The number of amides is 3. The van der Waals surface area contributed by atoms with Crippen molar-refractivity contribution in [2.24, 2.45) is 12.8 Å². The van der Waals surface area contributed by atoms with E-state index in [2.05, 4.69) is 10.4 Å². The lowest BCUT2D eigenvalue weighted by Gasteiger charge is -2.29. The first-order chi connectivity index (χ1) is 11.5. The Kier molecular flexibility index (Phi) is 4.24. The number of hydrogen-bond donors (Lipinski definition) is 2. The Hall–Kier alpha value is -2.83. The van der Waals surface area contributed by atoms with Crippen LogP contribution < -0.4 is 11.1 Å². The van der Waals surface area contributed by atoms with Crippen LogP contribution >= 0.6 is 0 Å². The van der Waals surface area contributed by atoms with Gasteiger partial charge in [-0.1, -0.05) is 19.1 Å². The summed E-state index contributed by atoms with van der Waals surface area (Å²) in [7, 11) is 1.83. The molecule has 2 aromatic rings. The van der Waals surface area contributed by atoms with Gasteiger partial charge in [0.1, 0.15) is 0 Å². The molecule has 1 aromatic heterocycles. The lowest BCUT2D eigenvalue weighted by Crippen LogP contribution is -2.39. The number of anilines is 1. The minimum atomic E-state index is -0.423. The van der Waals surface area contributed by atoms with Crippen molar-refractivity contribution in [2.75, 3.05) is 11.9 Å². The molecule has 1 aromatic carbocycles. The Morgan fingerprint density at radius 1 is 1.38 bits per heavy atom. The van der Waals surface area contributed by atoms with Crippen molar-refractivity contribution in [3.8, 4) is 0 Å². The molecular weight excluding hydrogens is 306 g/mol. The largest absolute Gasteiger partial charge is 0.366 e. The Bertz CT molecular complexity index is 796. The normalized spacial score (nSPS) is 13.5. The SMILES string of the molecule is CCc1nn(C)cc1NC(=O)N1CCc2c(cccc2C(N)=O)C1. The molecule has 1 aliphatic rings. The maximum Gasteiger partial charge on any atom is 0.322 e. The van der Waals surface area contributed by atoms with Crippen LogP contribution in [0.2, 0.25) is 0 Å². The Morgan fingerprint density at radius 3 is 2.88 bits per heavy atom. The molecule has 126 valence electrons. The number of benzene rings is 1. The second-order valence-corrected chi connectivity index (χ2v) is 5.93. The van der Waals surface area contributed by atoms with Crippen LogP contribution in [0.25, 0.3) is 0 Å². The Balaban J connectivity index is 1.76. The predicted molar refractivity (Wildman–Crippen MR) is 90.7 cm³/mol. The third kappa shape index (κ3) is 2.97. The summed E-state index contributed by atoms with van der Waals surface area (Å²) < 4.78 is 1.69. The molecule has 0 bridgehead atoms. The molecule has 7 heteroatoms. The minimum absolute atomic E-state index is 0.159. The molecule has 3 rings (SSSR count). The van der Waals surface area contributed by atoms with E-state index < -0.39 is 5.91 Å². The summed E-state index contributed by atoms with van der Waals surface area (Å²) in [4.78, 5) is 25.8. The van der Waals surface area contributed by atoms with E-state index in [0.717, 1.165) is 28.9 Å². The van der Waals surface area contributed by atoms with E-state index in [-0.39, 0.29) is 6.03 Å². The molecule has 0 saturated heterocycles. The first-order valence-corrected chi connectivity index (χ1v) is 7.98. The summed E-state index contributed by atoms with van der Waals surface area (Å²) in [6.07, 6.45) is 3.18. The number of nitrogens with zero attached hydrogens (tertiary/aromatic N) is 3. The maximum atomic E-state index is 12.6. The summed E-state index contributed by atoms with van der Waals surface area (Å²) in [5.41, 5.74) is 9.49. The van der Waals surface area contributed by atoms with Gasteiger partial charge in [-0.15, -0.1) is 0 Å². The molecule has 7 nitrogen and oxygen atoms in total. The number of carbonyl (C=O) groups is 2. The second kappa shape index (κ2) is 6.35. The van der Waals surface area contributed by atoms with Gasteiger partial charge in [-0.25, -0.2) is 4.79 Å². The molecule has 0 saturated carbocycles. The second-order valence-electron chi connectivity index (χ2n) is 5.93. The number of primary amides is 1. The van der Waals surface area contributed by atoms with Crippen LogP contribution in [0.3, 0.4) is 0 Å². The first-order valence-electron chi connectivity index (χ1n) is 7.98. The highest BCUT2D eigenvalue weighted by atomic mass is 16.2. The number of urea groups is 1. The Labute approximate surface area is 140 Å². The van der Waals surface area contributed by atoms with Gasteiger partial charge in [0, 0.05) is 31.9 Å². The minimum Gasteiger partial charge on any atom is -0.366 e. The van der Waals surface area contributed by atoms with E-state index in [1.807, 2.05) is 20.0 Å². The van der Waals surface area contributed by atoms with Gasteiger partial charge < -0.3 is 16.0 Å². The highest BCUT2D eigenvalue weighted by molar-refractivity contribution is 5.95. The zero-order chi connectivity index (χ0) is 17.3. The molecule has 1 aliphatic heterocycles. The molecule has 3 N–H and O–H groups in total. The number of carbonyl (C=O) groups excluding carboxylic acids is 2. The van der Waals surface area contributed by atoms with Gasteiger partial charge >= 0.3 is 6.03 Å². The molecule has 0 fully saturated rings. The van der Waals surface area contributed by atoms with E-state index in [4.69, 9.17) is 5.73 Å². The van der Waals surface area contributed by atoms with Gasteiger partial charge in [-0.2, -0.15) is 5.10 Å². The molecule has 0 unspecified atom stereocenters. The molecule has 0 aliphatic carbocycles. The van der Waals surface area contributed by atoms with Crippen LogP contribution in [-0.4, -0.2) is 33.2 Å². The van der Waals surface area contributed by atoms with Gasteiger partial charge in [0.2, 0.25) is 5.91 Å². The van der Waals surface area contributed by atoms with Crippen LogP contribution in [0.1, 0.15) is 34.1 Å². The highest BCUT2D eigenvalue weighted by Crippen LogP contribution is 2.23. The van der Waals surface area contributed by atoms with E-state index >= 15 is 0 Å². The molecule has 24 heavy (non-hydrogen) atoms. The summed E-state index contributed by atoms with van der Waals surface area (Å²) in [5.74, 6) is -0.423. The van der Waals surface area contributed by atoms with Gasteiger partial charge in [-0.3, -0.25) is 9.48 Å². The number of aromatic nitrogens is 2. The lowest BCUT2D eigenvalue weighted by atomic mass is 9.94. The van der Waals surface area contributed by atoms with Crippen LogP contribution in [0.5, 0.6) is 0 Å². The molecule has 2 heterocycles. The standard InChI is InChI=1S/C17H21N5O2/c1-3-14-15(10-21(2)20-14)19-17(24)22-8-7-12-11(9-22)5-4-6-13(12)16(18)23/h4-6,10H,3,7-9H2,1-2H3,(H2,18,23)(H,19,24). The monoisotopic (exact) mass is 327 g/mol. The van der Waals surface area contributed by atoms with E-state index in [0.29, 0.717) is 25.1 Å². The lowest BCUT2D eigenvalue weighted by molar-refractivity contribution is 0.0999. The van der Waals surface area contributed by atoms with Crippen molar-refractivity contribution >= 4 is 17.6 Å². The van der Waals surface area contributed by atoms with Crippen LogP contribution in [-0.2, 0) is 26.4 Å². The zero-order valence-electron chi connectivity index (χ0n) is 13.9. The predicted octanol–water partition coefficient (Wildman–Crippen LogP) is 1.67. The number of rotatable bonds is 3. The molecule has 0 radical (unpaired) electrons. The number of aryl methyl sites for hydroxylation is 2. The smallest absolute Gasteiger partial charge is 0.322 e. The first kappa shape index (κ1) is 16.0. The van der Waals surface area contributed by atoms with Gasteiger partial charge in [0.15, 0.2) is 0 Å². The van der Waals surface area contributed by atoms with Crippen LogP contribution in [0, 0.1) is 0 Å². The van der Waals surface area contributed by atoms with Crippen molar-refractivity contribution in [3.63, 3.8) is 0 Å². The van der Waals surface area contributed by atoms with Crippen LogP contribution in [0.15, 0.2) is 24.4 Å². The quantitative estimate of drug-likeness (QED) is 0.898. The van der Waals surface area contributed by atoms with Gasteiger partial charge in [0.25, 0.3) is 0 Å². The number of nitrogens with two attached hydrogens (primary N) is 1. The highest BCUT2D eigenvalue weighted by Gasteiger charge is 2.24. The van der Waals surface area contributed by atoms with E-state index in [9.17, 15) is 9.59 Å². The third-order valence-corrected chi connectivity index (χ3v) is 4.30. The Morgan fingerprint density at radius 2 is 2.17 bits per heavy atom. The van der Waals surface area contributed by atoms with Crippen molar-refractivity contribution in [2.45, 2.75) is 26.3 Å². The summed E-state index contributed by atoms with van der Waals surface area (Å²) in [6, 6.07) is 5.31. The fourth-order valence-electron chi connectivity index (χ4n) is 3.11. The molecule has 0 atom stereocenters. The number of nitrogens with one attached hydrogen (secondary N) is 1. The zero-order valence-corrected chi connectivity index (χ0v) is 13.9. The number of hydrogen-bond acceptors (Lipinski definition) is 3. The topological polar surface area (TPSA) is 93.2 Å². The average molecular weight is 327 g/mol. The van der Waals surface area contributed by atoms with Crippen LogP contribution in [0.4, 0.5) is 10.5 Å². The average Bonchev–Trinajstić information content (AvgIpc) is 2.93. The summed E-state index contributed by atoms with van der Waals surface area (Å²) in [6.45, 7) is 3.01. The third-order valence-electron chi connectivity index (χ3n) is 4.30. The number of fused-ring (bicyclic) bond motifs is 1. The van der Waals surface area contributed by atoms with Crippen molar-refractivity contribution in [1.82, 2.24) is 14.7 Å².